The van der Waals surface area contributed by atoms with Crippen LogP contribution in [-0.4, -0.2) is 32.4 Å². The quantitative estimate of drug-likeness (QED) is 0.171. The number of anilines is 2. The molecule has 0 amide bonds. The van der Waals surface area contributed by atoms with Crippen LogP contribution in [-0.2, 0) is 27.9 Å². The molecule has 8 nitrogen and oxygen atoms in total. The van der Waals surface area contributed by atoms with Crippen LogP contribution < -0.4 is 19.1 Å². The smallest absolute Gasteiger partial charge is 0.341 e. The molecule has 4 rings (SSSR count). The summed E-state index contributed by atoms with van der Waals surface area (Å²) in [5, 5.41) is 8.88. The van der Waals surface area contributed by atoms with Crippen LogP contribution in [0.25, 0.3) is 0 Å². The molecule has 42 heavy (non-hydrogen) atoms. The summed E-state index contributed by atoms with van der Waals surface area (Å²) in [6.07, 6.45) is 1.06. The maximum atomic E-state index is 14.7. The van der Waals surface area contributed by atoms with Gasteiger partial charge in [-0.3, -0.25) is 4.72 Å². The second kappa shape index (κ2) is 13.2. The van der Waals surface area contributed by atoms with Crippen LogP contribution in [0.15, 0.2) is 83.3 Å². The SMILES string of the molecule is Cc1c(NS(C)(=O)=O)cccc1N(Cc1ccc(Oc2ccc(Br)c(OCC(=O)O)c2)cc1)Cc1ccc(F)cc1F. The van der Waals surface area contributed by atoms with Crippen molar-refractivity contribution in [2.24, 2.45) is 0 Å². The van der Waals surface area contributed by atoms with E-state index in [0.717, 1.165) is 17.9 Å². The minimum absolute atomic E-state index is 0.0888. The zero-order valence-corrected chi connectivity index (χ0v) is 25.0. The number of nitrogens with one attached hydrogen (secondary N) is 1. The molecule has 220 valence electrons. The predicted octanol–water partition coefficient (Wildman–Crippen LogP) is 6.87. The second-order valence-corrected chi connectivity index (χ2v) is 12.0. The summed E-state index contributed by atoms with van der Waals surface area (Å²) >= 11 is 3.32. The average Bonchev–Trinajstić information content (AvgIpc) is 2.91. The van der Waals surface area contributed by atoms with Crippen molar-refractivity contribution in [3.63, 3.8) is 0 Å². The number of rotatable bonds is 12. The molecule has 0 unspecified atom stereocenters. The lowest BCUT2D eigenvalue weighted by Gasteiger charge is -2.28. The number of hydrogen-bond acceptors (Lipinski definition) is 6. The molecule has 0 spiro atoms. The van der Waals surface area contributed by atoms with Gasteiger partial charge in [-0.2, -0.15) is 0 Å². The van der Waals surface area contributed by atoms with Crippen molar-refractivity contribution in [1.82, 2.24) is 0 Å². The largest absolute Gasteiger partial charge is 0.481 e. The first kappa shape index (κ1) is 30.8. The number of halogens is 3. The van der Waals surface area contributed by atoms with Gasteiger partial charge in [0, 0.05) is 36.5 Å². The third kappa shape index (κ3) is 8.43. The highest BCUT2D eigenvalue weighted by Crippen LogP contribution is 2.33. The lowest BCUT2D eigenvalue weighted by molar-refractivity contribution is -0.139. The highest BCUT2D eigenvalue weighted by Gasteiger charge is 2.17. The van der Waals surface area contributed by atoms with Gasteiger partial charge < -0.3 is 19.5 Å². The van der Waals surface area contributed by atoms with Gasteiger partial charge in [-0.05, 0) is 76.4 Å². The Bertz CT molecular complexity index is 1700. The average molecular weight is 662 g/mol. The molecule has 0 aliphatic rings. The van der Waals surface area contributed by atoms with Gasteiger partial charge in [0.05, 0.1) is 16.4 Å². The van der Waals surface area contributed by atoms with Crippen molar-refractivity contribution in [2.45, 2.75) is 20.0 Å². The van der Waals surface area contributed by atoms with Crippen molar-refractivity contribution >= 4 is 43.3 Å². The molecule has 0 saturated heterocycles. The number of benzene rings is 4. The van der Waals surface area contributed by atoms with E-state index in [-0.39, 0.29) is 12.1 Å². The highest BCUT2D eigenvalue weighted by atomic mass is 79.9. The second-order valence-electron chi connectivity index (χ2n) is 9.44. The van der Waals surface area contributed by atoms with Crippen molar-refractivity contribution in [3.8, 4) is 17.2 Å². The topological polar surface area (TPSA) is 105 Å². The van der Waals surface area contributed by atoms with Gasteiger partial charge in [-0.1, -0.05) is 24.3 Å². The lowest BCUT2D eigenvalue weighted by Crippen LogP contribution is -2.24. The molecule has 0 aromatic heterocycles. The molecule has 0 aliphatic carbocycles. The summed E-state index contributed by atoms with van der Waals surface area (Å²) in [4.78, 5) is 12.7. The summed E-state index contributed by atoms with van der Waals surface area (Å²) in [7, 11) is -3.54. The molecule has 0 saturated carbocycles. The molecule has 4 aromatic rings. The number of carboxylic acid groups (broad SMARTS) is 1. The number of aliphatic carboxylic acids is 1. The van der Waals surface area contributed by atoms with Gasteiger partial charge in [0.15, 0.2) is 6.61 Å². The van der Waals surface area contributed by atoms with E-state index in [1.165, 1.54) is 12.1 Å². The van der Waals surface area contributed by atoms with E-state index in [0.29, 0.717) is 45.2 Å². The van der Waals surface area contributed by atoms with Crippen LogP contribution in [0.2, 0.25) is 0 Å². The first-order valence-corrected chi connectivity index (χ1v) is 15.2. The molecule has 0 atom stereocenters. The molecule has 12 heteroatoms. The number of nitrogens with zero attached hydrogens (tertiary/aromatic N) is 1. The highest BCUT2D eigenvalue weighted by molar-refractivity contribution is 9.10. The fraction of sp³-hybridized carbons (Fsp3) is 0.167. The van der Waals surface area contributed by atoms with Crippen LogP contribution in [0.1, 0.15) is 16.7 Å². The standard InChI is InChI=1S/C30H27BrF2N2O6S/c1-19-27(34-42(2,38)39)4-3-5-28(19)35(17-21-8-9-22(32)14-26(21)33)16-20-6-10-23(11-7-20)41-24-12-13-25(31)29(15-24)40-18-30(36)37/h3-15,34H,16-18H2,1-2H3,(H,36,37). The Labute approximate surface area is 250 Å². The molecular formula is C30H27BrF2N2O6S. The number of sulfonamides is 1. The monoisotopic (exact) mass is 660 g/mol. The van der Waals surface area contributed by atoms with Crippen molar-refractivity contribution < 1.29 is 36.6 Å². The Kier molecular flexibility index (Phi) is 9.69. The van der Waals surface area contributed by atoms with Gasteiger partial charge in [-0.25, -0.2) is 22.0 Å². The minimum Gasteiger partial charge on any atom is -0.481 e. The summed E-state index contributed by atoms with van der Waals surface area (Å²) in [6, 6.07) is 20.7. The minimum atomic E-state index is -3.54. The molecule has 0 aliphatic heterocycles. The van der Waals surface area contributed by atoms with E-state index >= 15 is 0 Å². The predicted molar refractivity (Wildman–Crippen MR) is 160 cm³/mol. The van der Waals surface area contributed by atoms with E-state index in [1.807, 2.05) is 17.0 Å². The summed E-state index contributed by atoms with van der Waals surface area (Å²) in [6.45, 7) is 1.67. The first-order chi connectivity index (χ1) is 19.9. The van der Waals surface area contributed by atoms with Crippen LogP contribution in [0.3, 0.4) is 0 Å². The van der Waals surface area contributed by atoms with Gasteiger partial charge >= 0.3 is 5.97 Å². The maximum Gasteiger partial charge on any atom is 0.341 e. The summed E-state index contributed by atoms with van der Waals surface area (Å²) in [5.74, 6) is -1.21. The van der Waals surface area contributed by atoms with E-state index in [2.05, 4.69) is 20.7 Å². The molecule has 0 fully saturated rings. The first-order valence-electron chi connectivity index (χ1n) is 12.5. The fourth-order valence-electron chi connectivity index (χ4n) is 4.17. The Balaban J connectivity index is 1.59. The Morgan fingerprint density at radius 2 is 1.69 bits per heavy atom. The molecule has 0 bridgehead atoms. The zero-order valence-electron chi connectivity index (χ0n) is 22.6. The van der Waals surface area contributed by atoms with Crippen LogP contribution in [0, 0.1) is 18.6 Å². The van der Waals surface area contributed by atoms with Crippen molar-refractivity contribution in [3.05, 3.63) is 112 Å². The molecule has 2 N–H and O–H groups in total. The summed E-state index contributed by atoms with van der Waals surface area (Å²) in [5.41, 5.74) is 2.81. The lowest BCUT2D eigenvalue weighted by atomic mass is 10.1. The normalized spacial score (nSPS) is 11.2. The van der Waals surface area contributed by atoms with Gasteiger partial charge in [-0.15, -0.1) is 0 Å². The van der Waals surface area contributed by atoms with Gasteiger partial charge in [0.1, 0.15) is 28.9 Å². The maximum absolute atomic E-state index is 14.7. The van der Waals surface area contributed by atoms with Gasteiger partial charge in [0.2, 0.25) is 10.0 Å². The van der Waals surface area contributed by atoms with E-state index in [1.54, 1.807) is 55.5 Å². The Morgan fingerprint density at radius 3 is 2.36 bits per heavy atom. The molecule has 0 heterocycles. The van der Waals surface area contributed by atoms with E-state index < -0.39 is 34.2 Å². The summed E-state index contributed by atoms with van der Waals surface area (Å²) < 4.78 is 66.3. The fourth-order valence-corrected chi connectivity index (χ4v) is 5.16. The van der Waals surface area contributed by atoms with Gasteiger partial charge in [0.25, 0.3) is 0 Å². The number of carbonyl (C=O) groups is 1. The van der Waals surface area contributed by atoms with Crippen molar-refractivity contribution in [2.75, 3.05) is 22.5 Å². The van der Waals surface area contributed by atoms with E-state index in [4.69, 9.17) is 14.6 Å². The third-order valence-corrected chi connectivity index (χ3v) is 7.35. The van der Waals surface area contributed by atoms with E-state index in [9.17, 15) is 22.0 Å². The third-order valence-electron chi connectivity index (χ3n) is 6.10. The van der Waals surface area contributed by atoms with Crippen molar-refractivity contribution in [1.29, 1.82) is 0 Å². The molecular weight excluding hydrogens is 634 g/mol. The number of ether oxygens (including phenoxy) is 2. The Morgan fingerprint density at radius 1 is 0.976 bits per heavy atom. The number of hydrogen-bond donors (Lipinski definition) is 2. The zero-order chi connectivity index (χ0) is 30.4. The number of carboxylic acids is 1. The molecule has 4 aromatic carbocycles. The Hall–Kier alpha value is -4.16. The van der Waals surface area contributed by atoms with Crippen LogP contribution in [0.4, 0.5) is 20.2 Å². The van der Waals surface area contributed by atoms with Crippen LogP contribution in [0.5, 0.6) is 17.2 Å². The van der Waals surface area contributed by atoms with Crippen LogP contribution >= 0.6 is 15.9 Å². The molecule has 0 radical (unpaired) electrons.